The molecule has 0 aromatic heterocycles. The van der Waals surface area contributed by atoms with Gasteiger partial charge >= 0.3 is 0 Å². The Labute approximate surface area is 56.5 Å². The predicted molar refractivity (Wildman–Crippen MR) is 39.5 cm³/mol. The minimum Gasteiger partial charge on any atom is -0.299 e. The van der Waals surface area contributed by atoms with Crippen LogP contribution < -0.4 is 0 Å². The van der Waals surface area contributed by atoms with E-state index < -0.39 is 0 Å². The van der Waals surface area contributed by atoms with Crippen LogP contribution >= 0.6 is 0 Å². The molecule has 52 valence electrons. The number of rotatable bonds is 0. The van der Waals surface area contributed by atoms with Crippen LogP contribution in [-0.4, -0.2) is 24.3 Å². The van der Waals surface area contributed by atoms with Crippen LogP contribution in [0.4, 0.5) is 0 Å². The molecule has 0 saturated heterocycles. The molecule has 0 radical (unpaired) electrons. The summed E-state index contributed by atoms with van der Waals surface area (Å²) in [6.07, 6.45) is 0. The first-order valence-electron chi connectivity index (χ1n) is 3.29. The van der Waals surface area contributed by atoms with Gasteiger partial charge in [-0.2, -0.15) is 5.10 Å². The first kappa shape index (κ1) is 6.59. The molecule has 0 fully saturated rings. The Bertz CT molecular complexity index is 147. The average molecular weight is 126 g/mol. The van der Waals surface area contributed by atoms with E-state index >= 15 is 0 Å². The number of hydrogen-bond acceptors (Lipinski definition) is 2. The molecule has 0 aromatic rings. The van der Waals surface area contributed by atoms with Crippen molar-refractivity contribution >= 4 is 5.71 Å². The third kappa shape index (κ3) is 1.07. The van der Waals surface area contributed by atoms with E-state index in [2.05, 4.69) is 25.9 Å². The van der Waals surface area contributed by atoms with E-state index in [1.165, 1.54) is 5.71 Å². The van der Waals surface area contributed by atoms with Gasteiger partial charge in [-0.05, 0) is 6.92 Å². The minimum atomic E-state index is 0.300. The van der Waals surface area contributed by atoms with Gasteiger partial charge in [0.2, 0.25) is 0 Å². The third-order valence-electron chi connectivity index (χ3n) is 1.92. The van der Waals surface area contributed by atoms with Crippen LogP contribution in [0.2, 0.25) is 0 Å². The molecule has 9 heavy (non-hydrogen) atoms. The van der Waals surface area contributed by atoms with Gasteiger partial charge in [0.05, 0.1) is 0 Å². The van der Waals surface area contributed by atoms with Gasteiger partial charge in [-0.25, -0.2) is 0 Å². The summed E-state index contributed by atoms with van der Waals surface area (Å²) in [6, 6.07) is 0. The number of hydrogen-bond donors (Lipinski definition) is 0. The first-order valence-corrected chi connectivity index (χ1v) is 3.29. The molecule has 0 N–H and O–H groups in total. The standard InChI is InChI=1S/C7H14N2/c1-6-7(2,3)5-9(4)8-6/h5H2,1-4H3. The monoisotopic (exact) mass is 126 g/mol. The maximum Gasteiger partial charge on any atom is 0.0461 e. The summed E-state index contributed by atoms with van der Waals surface area (Å²) in [4.78, 5) is 0. The van der Waals surface area contributed by atoms with Gasteiger partial charge in [-0.15, -0.1) is 0 Å². The Hall–Kier alpha value is -0.530. The summed E-state index contributed by atoms with van der Waals surface area (Å²) in [6.45, 7) is 7.58. The van der Waals surface area contributed by atoms with E-state index in [9.17, 15) is 0 Å². The second kappa shape index (κ2) is 1.72. The topological polar surface area (TPSA) is 15.6 Å². The summed E-state index contributed by atoms with van der Waals surface area (Å²) in [7, 11) is 2.01. The molecule has 0 spiro atoms. The van der Waals surface area contributed by atoms with E-state index in [0.717, 1.165) is 6.54 Å². The molecule has 0 aliphatic carbocycles. The fourth-order valence-electron chi connectivity index (χ4n) is 1.11. The molecule has 0 saturated carbocycles. The van der Waals surface area contributed by atoms with Crippen LogP contribution in [0.15, 0.2) is 5.10 Å². The fraction of sp³-hybridized carbons (Fsp3) is 0.857. The normalized spacial score (nSPS) is 24.4. The summed E-state index contributed by atoms with van der Waals surface area (Å²) >= 11 is 0. The van der Waals surface area contributed by atoms with Crippen LogP contribution in [-0.2, 0) is 0 Å². The highest BCUT2D eigenvalue weighted by atomic mass is 15.5. The van der Waals surface area contributed by atoms with Crippen molar-refractivity contribution in [3.8, 4) is 0 Å². The van der Waals surface area contributed by atoms with Crippen LogP contribution in [0.25, 0.3) is 0 Å². The SMILES string of the molecule is CC1=NN(C)CC1(C)C. The molecule has 0 unspecified atom stereocenters. The Morgan fingerprint density at radius 1 is 1.56 bits per heavy atom. The molecule has 1 aliphatic rings. The zero-order valence-corrected chi connectivity index (χ0v) is 6.60. The highest BCUT2D eigenvalue weighted by Crippen LogP contribution is 2.24. The minimum absolute atomic E-state index is 0.300. The lowest BCUT2D eigenvalue weighted by Crippen LogP contribution is -2.24. The van der Waals surface area contributed by atoms with Crippen molar-refractivity contribution in [3.63, 3.8) is 0 Å². The van der Waals surface area contributed by atoms with Gasteiger partial charge in [0.1, 0.15) is 0 Å². The van der Waals surface area contributed by atoms with Crippen LogP contribution in [0, 0.1) is 5.41 Å². The molecule has 0 amide bonds. The Kier molecular flexibility index (Phi) is 1.26. The maximum absolute atomic E-state index is 4.29. The third-order valence-corrected chi connectivity index (χ3v) is 1.92. The molecular weight excluding hydrogens is 112 g/mol. The van der Waals surface area contributed by atoms with E-state index in [1.54, 1.807) is 0 Å². The molecule has 2 heteroatoms. The lowest BCUT2D eigenvalue weighted by Gasteiger charge is -2.17. The van der Waals surface area contributed by atoms with Crippen LogP contribution in [0.5, 0.6) is 0 Å². The van der Waals surface area contributed by atoms with E-state index in [0.29, 0.717) is 5.41 Å². The van der Waals surface area contributed by atoms with Crippen molar-refractivity contribution in [1.29, 1.82) is 0 Å². The molecule has 0 atom stereocenters. The van der Waals surface area contributed by atoms with Gasteiger partial charge in [0.15, 0.2) is 0 Å². The molecule has 0 aromatic carbocycles. The summed E-state index contributed by atoms with van der Waals surface area (Å²) < 4.78 is 0. The Morgan fingerprint density at radius 3 is 2.22 bits per heavy atom. The fourth-order valence-corrected chi connectivity index (χ4v) is 1.11. The summed E-state index contributed by atoms with van der Waals surface area (Å²) in [5.74, 6) is 0. The Balaban J connectivity index is 2.76. The van der Waals surface area contributed by atoms with Crippen molar-refractivity contribution in [2.24, 2.45) is 10.5 Å². The highest BCUT2D eigenvalue weighted by molar-refractivity contribution is 5.88. The maximum atomic E-state index is 4.29. The lowest BCUT2D eigenvalue weighted by molar-refractivity contribution is 0.319. The predicted octanol–water partition coefficient (Wildman–Crippen LogP) is 1.33. The zero-order valence-electron chi connectivity index (χ0n) is 6.60. The second-order valence-electron chi connectivity index (χ2n) is 3.39. The Morgan fingerprint density at radius 2 is 2.11 bits per heavy atom. The molecule has 1 aliphatic heterocycles. The van der Waals surface area contributed by atoms with Crippen molar-refractivity contribution < 1.29 is 0 Å². The largest absolute Gasteiger partial charge is 0.299 e. The van der Waals surface area contributed by atoms with Gasteiger partial charge in [-0.1, -0.05) is 13.8 Å². The highest BCUT2D eigenvalue weighted by Gasteiger charge is 2.28. The van der Waals surface area contributed by atoms with Crippen LogP contribution in [0.1, 0.15) is 20.8 Å². The number of nitrogens with zero attached hydrogens (tertiary/aromatic N) is 2. The molecule has 1 rings (SSSR count). The molecular formula is C7H14N2. The van der Waals surface area contributed by atoms with Crippen molar-refractivity contribution in [2.75, 3.05) is 13.6 Å². The lowest BCUT2D eigenvalue weighted by atomic mass is 9.89. The van der Waals surface area contributed by atoms with Crippen LogP contribution in [0.3, 0.4) is 0 Å². The quantitative estimate of drug-likeness (QED) is 0.478. The summed E-state index contributed by atoms with van der Waals surface area (Å²) in [5.41, 5.74) is 1.54. The molecule has 1 heterocycles. The molecule has 2 nitrogen and oxygen atoms in total. The van der Waals surface area contributed by atoms with E-state index in [1.807, 2.05) is 12.1 Å². The van der Waals surface area contributed by atoms with Crippen molar-refractivity contribution in [2.45, 2.75) is 20.8 Å². The number of hydrazone groups is 1. The van der Waals surface area contributed by atoms with Gasteiger partial charge in [0.25, 0.3) is 0 Å². The summed E-state index contributed by atoms with van der Waals surface area (Å²) in [5, 5.41) is 6.29. The average Bonchev–Trinajstić information content (AvgIpc) is 1.79. The van der Waals surface area contributed by atoms with E-state index in [4.69, 9.17) is 0 Å². The van der Waals surface area contributed by atoms with Gasteiger partial charge in [0, 0.05) is 24.7 Å². The zero-order chi connectivity index (χ0) is 7.07. The van der Waals surface area contributed by atoms with Crippen molar-refractivity contribution in [1.82, 2.24) is 5.01 Å². The van der Waals surface area contributed by atoms with Crippen molar-refractivity contribution in [3.05, 3.63) is 0 Å². The smallest absolute Gasteiger partial charge is 0.0461 e. The first-order chi connectivity index (χ1) is 4.02. The molecule has 0 bridgehead atoms. The second-order valence-corrected chi connectivity index (χ2v) is 3.39. The van der Waals surface area contributed by atoms with Gasteiger partial charge < -0.3 is 0 Å². The van der Waals surface area contributed by atoms with E-state index in [-0.39, 0.29) is 0 Å². The van der Waals surface area contributed by atoms with Gasteiger partial charge in [-0.3, -0.25) is 5.01 Å².